The predicted octanol–water partition coefficient (Wildman–Crippen LogP) is 2.25. The highest BCUT2D eigenvalue weighted by Gasteiger charge is 2.30. The van der Waals surface area contributed by atoms with E-state index in [0.29, 0.717) is 39.4 Å². The van der Waals surface area contributed by atoms with Crippen LogP contribution in [0.15, 0.2) is 29.2 Å². The first-order valence-corrected chi connectivity index (χ1v) is 13.0. The maximum Gasteiger partial charge on any atom is 0.251 e. The minimum absolute atomic E-state index is 0.0626. The van der Waals surface area contributed by atoms with Crippen LogP contribution in [0.3, 0.4) is 0 Å². The van der Waals surface area contributed by atoms with E-state index in [4.69, 9.17) is 4.74 Å². The molecule has 2 saturated heterocycles. The minimum atomic E-state index is -3.71. The maximum atomic E-state index is 13.2. The van der Waals surface area contributed by atoms with Gasteiger partial charge in [0, 0.05) is 31.7 Å². The third-order valence-electron chi connectivity index (χ3n) is 6.09. The van der Waals surface area contributed by atoms with Crippen LogP contribution in [-0.2, 0) is 19.6 Å². The summed E-state index contributed by atoms with van der Waals surface area (Å²) in [6.45, 7) is 6.54. The number of rotatable bonds is 6. The molecule has 2 heterocycles. The molecule has 0 unspecified atom stereocenters. The summed E-state index contributed by atoms with van der Waals surface area (Å²) in [6, 6.07) is 5.37. The lowest BCUT2D eigenvalue weighted by atomic mass is 10.0. The summed E-state index contributed by atoms with van der Waals surface area (Å²) in [5.41, 5.74) is 0.227. The highest BCUT2D eigenvalue weighted by molar-refractivity contribution is 7.89. The van der Waals surface area contributed by atoms with E-state index in [1.165, 1.54) is 22.9 Å². The lowest BCUT2D eigenvalue weighted by Crippen LogP contribution is -2.51. The summed E-state index contributed by atoms with van der Waals surface area (Å²) in [5.74, 6) is -0.590. The Morgan fingerprint density at radius 3 is 2.22 bits per heavy atom. The molecule has 2 fully saturated rings. The molecule has 2 amide bonds. The van der Waals surface area contributed by atoms with E-state index in [2.05, 4.69) is 5.32 Å². The van der Waals surface area contributed by atoms with Crippen molar-refractivity contribution in [3.05, 3.63) is 29.8 Å². The van der Waals surface area contributed by atoms with Crippen molar-refractivity contribution in [3.63, 3.8) is 0 Å². The number of hydrogen-bond donors (Lipinski definition) is 1. The van der Waals surface area contributed by atoms with Crippen LogP contribution in [0.25, 0.3) is 0 Å². The second-order valence-corrected chi connectivity index (χ2v) is 10.8. The first kappa shape index (κ1) is 24.7. The Labute approximate surface area is 191 Å². The number of sulfonamides is 1. The highest BCUT2D eigenvalue weighted by Crippen LogP contribution is 2.19. The summed E-state index contributed by atoms with van der Waals surface area (Å²) in [4.78, 5) is 28.2. The van der Waals surface area contributed by atoms with Gasteiger partial charge < -0.3 is 15.0 Å². The molecule has 0 bridgehead atoms. The molecule has 0 aromatic heterocycles. The molecule has 0 saturated carbocycles. The third-order valence-corrected chi connectivity index (χ3v) is 7.99. The summed E-state index contributed by atoms with van der Waals surface area (Å²) in [6.07, 6.45) is 5.40. The lowest BCUT2D eigenvalue weighted by molar-refractivity contribution is -0.134. The number of ether oxygens (including phenoxy) is 1. The number of amides is 2. The Bertz CT molecular complexity index is 889. The van der Waals surface area contributed by atoms with E-state index in [0.717, 1.165) is 25.7 Å². The number of carbonyl (C=O) groups is 2. The molecule has 9 heteroatoms. The Hall–Kier alpha value is -1.97. The zero-order chi connectivity index (χ0) is 23.1. The number of nitrogens with zero attached hydrogens (tertiary/aromatic N) is 2. The predicted molar refractivity (Wildman–Crippen MR) is 122 cm³/mol. The van der Waals surface area contributed by atoms with Crippen molar-refractivity contribution in [2.24, 2.45) is 5.92 Å². The van der Waals surface area contributed by atoms with Gasteiger partial charge in [0.2, 0.25) is 15.9 Å². The zero-order valence-corrected chi connectivity index (χ0v) is 19.9. The van der Waals surface area contributed by atoms with Crippen LogP contribution in [0.5, 0.6) is 0 Å². The van der Waals surface area contributed by atoms with Crippen molar-refractivity contribution in [1.82, 2.24) is 14.5 Å². The van der Waals surface area contributed by atoms with E-state index in [9.17, 15) is 18.0 Å². The normalized spacial score (nSPS) is 19.8. The van der Waals surface area contributed by atoms with Crippen molar-refractivity contribution in [1.29, 1.82) is 0 Å². The summed E-state index contributed by atoms with van der Waals surface area (Å²) in [5, 5.41) is 2.87. The van der Waals surface area contributed by atoms with Gasteiger partial charge in [-0.15, -0.1) is 0 Å². The topological polar surface area (TPSA) is 96.0 Å². The summed E-state index contributed by atoms with van der Waals surface area (Å²) >= 11 is 0. The monoisotopic (exact) mass is 465 g/mol. The fraction of sp³-hybridized carbons (Fsp3) is 0.652. The second-order valence-electron chi connectivity index (χ2n) is 8.83. The third kappa shape index (κ3) is 6.08. The molecule has 0 radical (unpaired) electrons. The maximum absolute atomic E-state index is 13.2. The van der Waals surface area contributed by atoms with Gasteiger partial charge in [-0.3, -0.25) is 9.59 Å². The summed E-state index contributed by atoms with van der Waals surface area (Å²) in [7, 11) is -3.71. The lowest BCUT2D eigenvalue weighted by Gasteiger charge is -2.31. The number of nitrogens with one attached hydrogen (secondary N) is 1. The van der Waals surface area contributed by atoms with Crippen LogP contribution < -0.4 is 5.32 Å². The Morgan fingerprint density at radius 1 is 0.969 bits per heavy atom. The number of hydrogen-bond acceptors (Lipinski definition) is 5. The Kier molecular flexibility index (Phi) is 8.67. The standard InChI is InChI=1S/C23H35N3O5S/c1-18(2)21(23(28)25-11-6-4-3-5-7-12-25)24-22(27)19-9-8-10-20(17-19)32(29,30)26-13-15-31-16-14-26/h8-10,17-18,21H,3-7,11-16H2,1-2H3,(H,24,27)/t21-/m0/s1. The van der Waals surface area contributed by atoms with Gasteiger partial charge in [-0.25, -0.2) is 8.42 Å². The first-order valence-electron chi connectivity index (χ1n) is 11.6. The molecular weight excluding hydrogens is 430 g/mol. The molecule has 32 heavy (non-hydrogen) atoms. The van der Waals surface area contributed by atoms with Gasteiger partial charge in [0.15, 0.2) is 0 Å². The smallest absolute Gasteiger partial charge is 0.251 e. The van der Waals surface area contributed by atoms with Gasteiger partial charge in [0.25, 0.3) is 5.91 Å². The van der Waals surface area contributed by atoms with E-state index in [1.807, 2.05) is 18.7 Å². The van der Waals surface area contributed by atoms with Crippen molar-refractivity contribution in [2.45, 2.75) is 56.9 Å². The second kappa shape index (κ2) is 11.2. The molecule has 178 valence electrons. The van der Waals surface area contributed by atoms with E-state index in [-0.39, 0.29) is 22.3 Å². The number of carbonyl (C=O) groups excluding carboxylic acids is 2. The number of benzene rings is 1. The van der Waals surface area contributed by atoms with Crippen molar-refractivity contribution in [3.8, 4) is 0 Å². The average Bonchev–Trinajstić information content (AvgIpc) is 2.77. The van der Waals surface area contributed by atoms with Gasteiger partial charge in [-0.2, -0.15) is 4.31 Å². The molecule has 0 spiro atoms. The van der Waals surface area contributed by atoms with Gasteiger partial charge in [0.1, 0.15) is 6.04 Å². The van der Waals surface area contributed by atoms with Crippen LogP contribution in [0.4, 0.5) is 0 Å². The van der Waals surface area contributed by atoms with Crippen molar-refractivity contribution in [2.75, 3.05) is 39.4 Å². The molecule has 2 aliphatic heterocycles. The molecule has 1 N–H and O–H groups in total. The zero-order valence-electron chi connectivity index (χ0n) is 19.1. The number of morpholine rings is 1. The van der Waals surface area contributed by atoms with Crippen LogP contribution in [0.2, 0.25) is 0 Å². The molecule has 1 atom stereocenters. The van der Waals surface area contributed by atoms with Crippen LogP contribution >= 0.6 is 0 Å². The Morgan fingerprint density at radius 2 is 1.59 bits per heavy atom. The molecule has 8 nitrogen and oxygen atoms in total. The van der Waals surface area contributed by atoms with E-state index < -0.39 is 22.0 Å². The quantitative estimate of drug-likeness (QED) is 0.695. The van der Waals surface area contributed by atoms with Gasteiger partial charge in [0.05, 0.1) is 18.1 Å². The fourth-order valence-electron chi connectivity index (χ4n) is 4.14. The summed E-state index contributed by atoms with van der Waals surface area (Å²) < 4.78 is 32.5. The van der Waals surface area contributed by atoms with E-state index in [1.54, 1.807) is 12.1 Å². The Balaban J connectivity index is 1.74. The fourth-order valence-corrected chi connectivity index (χ4v) is 5.59. The molecule has 1 aromatic carbocycles. The molecule has 2 aliphatic rings. The SMILES string of the molecule is CC(C)[C@H](NC(=O)c1cccc(S(=O)(=O)N2CCOCC2)c1)C(=O)N1CCCCCCC1. The van der Waals surface area contributed by atoms with Gasteiger partial charge in [-0.05, 0) is 37.0 Å². The molecule has 3 rings (SSSR count). The largest absolute Gasteiger partial charge is 0.379 e. The minimum Gasteiger partial charge on any atom is -0.379 e. The molecular formula is C23H35N3O5S. The van der Waals surface area contributed by atoms with E-state index >= 15 is 0 Å². The highest BCUT2D eigenvalue weighted by atomic mass is 32.2. The van der Waals surface area contributed by atoms with Crippen LogP contribution in [0, 0.1) is 5.92 Å². The van der Waals surface area contributed by atoms with Gasteiger partial charge in [-0.1, -0.05) is 39.2 Å². The average molecular weight is 466 g/mol. The van der Waals surface area contributed by atoms with Crippen LogP contribution in [0.1, 0.15) is 56.3 Å². The first-order chi connectivity index (χ1) is 15.3. The van der Waals surface area contributed by atoms with Gasteiger partial charge >= 0.3 is 0 Å². The number of likely N-dealkylation sites (tertiary alicyclic amines) is 1. The van der Waals surface area contributed by atoms with Crippen molar-refractivity contribution < 1.29 is 22.7 Å². The van der Waals surface area contributed by atoms with Crippen molar-refractivity contribution >= 4 is 21.8 Å². The molecule has 1 aromatic rings. The van der Waals surface area contributed by atoms with Crippen LogP contribution in [-0.4, -0.2) is 74.9 Å². The molecule has 0 aliphatic carbocycles.